The van der Waals surface area contributed by atoms with Crippen molar-refractivity contribution >= 4 is 0 Å². The topological polar surface area (TPSA) is 23.8 Å². The maximum Gasteiger partial charge on any atom is 0.416 e. The number of alkyl halides is 3. The van der Waals surface area contributed by atoms with Crippen molar-refractivity contribution in [2.24, 2.45) is 17.8 Å². The first kappa shape index (κ1) is 23.8. The quantitative estimate of drug-likeness (QED) is 0.310. The molecule has 1 aromatic rings. The summed E-state index contributed by atoms with van der Waals surface area (Å²) in [5.74, 6) is 1.95. The molecular weight excluding hydrogens is 402 g/mol. The van der Waals surface area contributed by atoms with Gasteiger partial charge >= 0.3 is 6.18 Å². The third-order valence-corrected chi connectivity index (χ3v) is 7.51. The van der Waals surface area contributed by atoms with Gasteiger partial charge in [-0.1, -0.05) is 50.7 Å². The summed E-state index contributed by atoms with van der Waals surface area (Å²) >= 11 is 0. The maximum absolute atomic E-state index is 12.9. The van der Waals surface area contributed by atoms with Gasteiger partial charge in [-0.05, 0) is 86.0 Å². The van der Waals surface area contributed by atoms with E-state index in [1.807, 2.05) is 0 Å². The van der Waals surface area contributed by atoms with E-state index in [1.165, 1.54) is 75.6 Å². The minimum Gasteiger partial charge on any atom is -0.195 e. The first-order chi connectivity index (χ1) is 14.8. The Bertz CT molecular complexity index is 743. The van der Waals surface area contributed by atoms with Crippen molar-refractivity contribution in [2.45, 2.75) is 89.1 Å². The lowest BCUT2D eigenvalue weighted by molar-refractivity contribution is -0.137. The van der Waals surface area contributed by atoms with Crippen molar-refractivity contribution in [1.29, 1.82) is 5.26 Å². The second-order valence-electron chi connectivity index (χ2n) is 9.54. The van der Waals surface area contributed by atoms with E-state index in [4.69, 9.17) is 5.26 Å². The summed E-state index contributed by atoms with van der Waals surface area (Å²) in [5, 5.41) is 8.45. The Balaban J connectivity index is 1.33. The lowest BCUT2D eigenvalue weighted by Crippen LogP contribution is -2.18. The summed E-state index contributed by atoms with van der Waals surface area (Å²) in [6.07, 6.45) is 10.8. The fraction of sp³-hybridized carbons (Fsp3) is 0.654. The summed E-state index contributed by atoms with van der Waals surface area (Å²) in [5.41, 5.74) is 0.486. The second-order valence-corrected chi connectivity index (χ2v) is 9.54. The molecule has 2 saturated carbocycles. The number of hydrogen-bond donors (Lipinski definition) is 0. The van der Waals surface area contributed by atoms with Crippen molar-refractivity contribution in [3.8, 4) is 6.07 Å². The molecule has 1 aromatic carbocycles. The Hall–Kier alpha value is -1.83. The summed E-state index contributed by atoms with van der Waals surface area (Å²) in [7, 11) is 0. The third kappa shape index (κ3) is 7.37. The van der Waals surface area contributed by atoms with Gasteiger partial charge in [0.05, 0.1) is 5.56 Å². The molecule has 3 rings (SSSR count). The van der Waals surface area contributed by atoms with E-state index in [0.717, 1.165) is 36.7 Å². The average molecular weight is 436 g/mol. The van der Waals surface area contributed by atoms with Gasteiger partial charge < -0.3 is 0 Å². The summed E-state index contributed by atoms with van der Waals surface area (Å²) in [6.45, 7) is 0. The third-order valence-electron chi connectivity index (χ3n) is 7.51. The van der Waals surface area contributed by atoms with E-state index in [1.54, 1.807) is 12.1 Å². The highest BCUT2D eigenvalue weighted by molar-refractivity contribution is 5.27. The predicted molar refractivity (Wildman–Crippen MR) is 115 cm³/mol. The molecule has 0 radical (unpaired) electrons. The van der Waals surface area contributed by atoms with E-state index in [0.29, 0.717) is 18.3 Å². The molecule has 5 heteroatoms. The van der Waals surface area contributed by atoms with Gasteiger partial charge in [0.1, 0.15) is 6.07 Å². The molecule has 31 heavy (non-hydrogen) atoms. The molecule has 0 bridgehead atoms. The zero-order chi connectivity index (χ0) is 22.3. The minimum absolute atomic E-state index is 0.397. The Labute approximate surface area is 183 Å². The van der Waals surface area contributed by atoms with Crippen molar-refractivity contribution in [3.63, 3.8) is 0 Å². The van der Waals surface area contributed by atoms with Crippen LogP contribution in [0.4, 0.5) is 17.6 Å². The van der Waals surface area contributed by atoms with Crippen LogP contribution in [0, 0.1) is 29.1 Å². The highest BCUT2D eigenvalue weighted by Crippen LogP contribution is 2.41. The van der Waals surface area contributed by atoms with Gasteiger partial charge in [0.25, 0.3) is 0 Å². The Morgan fingerprint density at radius 2 is 1.32 bits per heavy atom. The zero-order valence-electron chi connectivity index (χ0n) is 18.1. The molecule has 0 aromatic heterocycles. The van der Waals surface area contributed by atoms with Gasteiger partial charge in [-0.15, -0.1) is 0 Å². The van der Waals surface area contributed by atoms with Crippen LogP contribution in [0.3, 0.4) is 0 Å². The van der Waals surface area contributed by atoms with Gasteiger partial charge in [-0.25, -0.2) is 0 Å². The van der Waals surface area contributed by atoms with Crippen LogP contribution < -0.4 is 0 Å². The molecule has 0 N–H and O–H groups in total. The van der Waals surface area contributed by atoms with E-state index in [-0.39, 0.29) is 0 Å². The Morgan fingerprint density at radius 1 is 0.839 bits per heavy atom. The molecule has 1 nitrogen and oxygen atoms in total. The number of halogens is 4. The fourth-order valence-corrected chi connectivity index (χ4v) is 5.50. The molecule has 0 heterocycles. The van der Waals surface area contributed by atoms with Gasteiger partial charge in [-0.2, -0.15) is 22.8 Å². The van der Waals surface area contributed by atoms with Gasteiger partial charge in [0, 0.05) is 0 Å². The molecule has 0 saturated heterocycles. The van der Waals surface area contributed by atoms with Crippen molar-refractivity contribution in [1.82, 2.24) is 0 Å². The van der Waals surface area contributed by atoms with E-state index >= 15 is 0 Å². The van der Waals surface area contributed by atoms with E-state index in [2.05, 4.69) is 0 Å². The molecular formula is C26H33F4N. The summed E-state index contributed by atoms with van der Waals surface area (Å²) in [4.78, 5) is 0. The lowest BCUT2D eigenvalue weighted by Gasteiger charge is -2.32. The number of hydrogen-bond acceptors (Lipinski definition) is 1. The van der Waals surface area contributed by atoms with Crippen LogP contribution in [0.25, 0.3) is 0 Å². The standard InChI is InChI=1S/C26H33F4N/c27-25(18-31)3-1-2-19-4-6-20(7-5-19)8-9-21-10-12-22(13-11-21)23-14-16-24(17-15-23)26(28,29)30/h3,14-17,19-22H,1-2,4-13H2/t19-,20-,21-,22-. The molecule has 0 unspecified atom stereocenters. The first-order valence-corrected chi connectivity index (χ1v) is 11.8. The normalized spacial score (nSPS) is 27.6. The maximum atomic E-state index is 12.9. The Morgan fingerprint density at radius 3 is 1.81 bits per heavy atom. The number of rotatable bonds is 7. The number of nitrogens with zero attached hydrogens (tertiary/aromatic N) is 1. The predicted octanol–water partition coefficient (Wildman–Crippen LogP) is 8.72. The molecule has 2 fully saturated rings. The molecule has 0 amide bonds. The van der Waals surface area contributed by atoms with Gasteiger partial charge in [0.15, 0.2) is 5.83 Å². The molecule has 2 aliphatic rings. The summed E-state index contributed by atoms with van der Waals surface area (Å²) in [6, 6.07) is 7.29. The van der Waals surface area contributed by atoms with Crippen LogP contribution in [-0.4, -0.2) is 0 Å². The largest absolute Gasteiger partial charge is 0.416 e. The van der Waals surface area contributed by atoms with E-state index < -0.39 is 17.6 Å². The highest BCUT2D eigenvalue weighted by Gasteiger charge is 2.31. The number of nitriles is 1. The van der Waals surface area contributed by atoms with Crippen molar-refractivity contribution in [2.75, 3.05) is 0 Å². The monoisotopic (exact) mass is 435 g/mol. The van der Waals surface area contributed by atoms with Crippen molar-refractivity contribution < 1.29 is 17.6 Å². The van der Waals surface area contributed by atoms with Gasteiger partial charge in [-0.3, -0.25) is 0 Å². The van der Waals surface area contributed by atoms with Crippen LogP contribution in [0.1, 0.15) is 94.1 Å². The average Bonchev–Trinajstić information content (AvgIpc) is 2.78. The lowest BCUT2D eigenvalue weighted by atomic mass is 9.74. The molecule has 170 valence electrons. The van der Waals surface area contributed by atoms with Gasteiger partial charge in [0.2, 0.25) is 0 Å². The second kappa shape index (κ2) is 11.2. The van der Waals surface area contributed by atoms with Crippen LogP contribution in [-0.2, 0) is 6.18 Å². The van der Waals surface area contributed by atoms with Crippen LogP contribution >= 0.6 is 0 Å². The summed E-state index contributed by atoms with van der Waals surface area (Å²) < 4.78 is 51.1. The molecule has 0 aliphatic heterocycles. The smallest absolute Gasteiger partial charge is 0.195 e. The number of benzene rings is 1. The molecule has 0 spiro atoms. The molecule has 2 aliphatic carbocycles. The first-order valence-electron chi connectivity index (χ1n) is 11.8. The number of allylic oxidation sites excluding steroid dienone is 2. The van der Waals surface area contributed by atoms with E-state index in [9.17, 15) is 17.6 Å². The van der Waals surface area contributed by atoms with Crippen LogP contribution in [0.15, 0.2) is 36.2 Å². The minimum atomic E-state index is -4.26. The Kier molecular flexibility index (Phi) is 8.58. The van der Waals surface area contributed by atoms with Crippen LogP contribution in [0.5, 0.6) is 0 Å². The van der Waals surface area contributed by atoms with Crippen molar-refractivity contribution in [3.05, 3.63) is 47.3 Å². The SMILES string of the molecule is N#CC(F)=CCC[C@H]1CC[C@H](CC[C@H]2CC[C@H](c3ccc(C(F)(F)F)cc3)CC2)CC1. The highest BCUT2D eigenvalue weighted by atomic mass is 19.4. The zero-order valence-corrected chi connectivity index (χ0v) is 18.1. The van der Waals surface area contributed by atoms with Crippen LogP contribution in [0.2, 0.25) is 0 Å². The fourth-order valence-electron chi connectivity index (χ4n) is 5.50. The molecule has 0 atom stereocenters.